The Bertz CT molecular complexity index is 922. The average Bonchev–Trinajstić information content (AvgIpc) is 3.00. The number of carbonyl (C=O) groups is 1. The smallest absolute Gasteiger partial charge is 0.248 e. The molecule has 1 atom stereocenters. The maximum atomic E-state index is 13.7. The first-order valence-electron chi connectivity index (χ1n) is 8.75. The van der Waals surface area contributed by atoms with E-state index in [2.05, 4.69) is 10.5 Å². The molecule has 0 spiro atoms. The predicted molar refractivity (Wildman–Crippen MR) is 95.7 cm³/mol. The van der Waals surface area contributed by atoms with Gasteiger partial charge in [0, 0.05) is 25.2 Å². The number of sulfonamides is 1. The molecule has 1 aromatic heterocycles. The zero-order valence-electron chi connectivity index (χ0n) is 15.2. The Balaban J connectivity index is 1.69. The number of benzene rings is 1. The third kappa shape index (κ3) is 4.03. The Hall–Kier alpha value is -2.26. The molecular weight excluding hydrogens is 373 g/mol. The summed E-state index contributed by atoms with van der Waals surface area (Å²) in [6.07, 6.45) is 1.15. The van der Waals surface area contributed by atoms with Crippen LogP contribution in [0.1, 0.15) is 29.9 Å². The van der Waals surface area contributed by atoms with E-state index < -0.39 is 15.9 Å². The first kappa shape index (κ1) is 19.5. The van der Waals surface area contributed by atoms with E-state index in [9.17, 15) is 17.6 Å². The molecule has 1 aliphatic rings. The van der Waals surface area contributed by atoms with Gasteiger partial charge in [-0.1, -0.05) is 23.4 Å². The van der Waals surface area contributed by atoms with Crippen molar-refractivity contribution in [1.29, 1.82) is 0 Å². The van der Waals surface area contributed by atoms with E-state index in [1.54, 1.807) is 32.0 Å². The highest BCUT2D eigenvalue weighted by Gasteiger charge is 2.36. The Kier molecular flexibility index (Phi) is 5.61. The molecule has 0 radical (unpaired) electrons. The van der Waals surface area contributed by atoms with Crippen molar-refractivity contribution in [3.05, 3.63) is 47.1 Å². The number of piperidine rings is 1. The summed E-state index contributed by atoms with van der Waals surface area (Å²) in [5.74, 6) is -0.916. The normalized spacial score (nSPS) is 18.4. The topological polar surface area (TPSA) is 92.5 Å². The van der Waals surface area contributed by atoms with Crippen LogP contribution < -0.4 is 5.32 Å². The molecule has 1 fully saturated rings. The largest absolute Gasteiger partial charge is 0.360 e. The maximum Gasteiger partial charge on any atom is 0.248 e. The van der Waals surface area contributed by atoms with Crippen molar-refractivity contribution in [2.75, 3.05) is 13.1 Å². The van der Waals surface area contributed by atoms with E-state index in [1.165, 1.54) is 10.4 Å². The molecule has 9 heteroatoms. The lowest BCUT2D eigenvalue weighted by atomic mass is 9.98. The minimum atomic E-state index is -3.78. The molecule has 1 saturated heterocycles. The van der Waals surface area contributed by atoms with Crippen molar-refractivity contribution in [1.82, 2.24) is 14.8 Å². The van der Waals surface area contributed by atoms with E-state index in [1.807, 2.05) is 0 Å². The molecule has 1 amide bonds. The van der Waals surface area contributed by atoms with Crippen LogP contribution in [0.5, 0.6) is 0 Å². The fourth-order valence-corrected chi connectivity index (χ4v) is 5.13. The SMILES string of the molecule is Cc1noc(C)c1S(=O)(=O)N1CCCC(C(=O)NCc2ccccc2F)C1. The van der Waals surface area contributed by atoms with Crippen LogP contribution in [0.4, 0.5) is 4.39 Å². The molecule has 2 heterocycles. The number of halogens is 1. The van der Waals surface area contributed by atoms with Crippen molar-refractivity contribution in [2.24, 2.45) is 5.92 Å². The van der Waals surface area contributed by atoms with Gasteiger partial charge in [-0.05, 0) is 32.8 Å². The van der Waals surface area contributed by atoms with Gasteiger partial charge < -0.3 is 9.84 Å². The van der Waals surface area contributed by atoms with Crippen LogP contribution in [0.15, 0.2) is 33.7 Å². The number of rotatable bonds is 5. The molecule has 146 valence electrons. The highest BCUT2D eigenvalue weighted by Crippen LogP contribution is 2.27. The van der Waals surface area contributed by atoms with Gasteiger partial charge in [0.1, 0.15) is 16.4 Å². The van der Waals surface area contributed by atoms with Gasteiger partial charge in [0.15, 0.2) is 5.76 Å². The van der Waals surface area contributed by atoms with Crippen LogP contribution in [0.2, 0.25) is 0 Å². The lowest BCUT2D eigenvalue weighted by molar-refractivity contribution is -0.126. The van der Waals surface area contributed by atoms with Gasteiger partial charge >= 0.3 is 0 Å². The molecular formula is C18H22FN3O4S. The van der Waals surface area contributed by atoms with Crippen molar-refractivity contribution in [2.45, 2.75) is 38.1 Å². The minimum absolute atomic E-state index is 0.0647. The Morgan fingerprint density at radius 1 is 1.37 bits per heavy atom. The van der Waals surface area contributed by atoms with E-state index in [0.717, 1.165) is 0 Å². The Morgan fingerprint density at radius 3 is 2.78 bits per heavy atom. The lowest BCUT2D eigenvalue weighted by Gasteiger charge is -2.31. The molecule has 1 N–H and O–H groups in total. The van der Waals surface area contributed by atoms with E-state index in [4.69, 9.17) is 4.52 Å². The van der Waals surface area contributed by atoms with Crippen molar-refractivity contribution < 1.29 is 22.1 Å². The van der Waals surface area contributed by atoms with Crippen molar-refractivity contribution in [3.8, 4) is 0 Å². The van der Waals surface area contributed by atoms with Gasteiger partial charge in [-0.2, -0.15) is 4.31 Å². The number of nitrogens with one attached hydrogen (secondary N) is 1. The molecule has 0 bridgehead atoms. The van der Waals surface area contributed by atoms with Crippen LogP contribution in [-0.2, 0) is 21.4 Å². The van der Waals surface area contributed by atoms with E-state index in [-0.39, 0.29) is 35.5 Å². The van der Waals surface area contributed by atoms with Crippen LogP contribution in [0, 0.1) is 25.6 Å². The molecule has 3 rings (SSSR count). The van der Waals surface area contributed by atoms with E-state index >= 15 is 0 Å². The van der Waals surface area contributed by atoms with Crippen molar-refractivity contribution >= 4 is 15.9 Å². The van der Waals surface area contributed by atoms with E-state index in [0.29, 0.717) is 30.6 Å². The van der Waals surface area contributed by atoms with Gasteiger partial charge in [0.05, 0.1) is 5.92 Å². The second-order valence-corrected chi connectivity index (χ2v) is 8.54. The summed E-state index contributed by atoms with van der Waals surface area (Å²) < 4.78 is 45.8. The summed E-state index contributed by atoms with van der Waals surface area (Å²) in [7, 11) is -3.78. The fraction of sp³-hybridized carbons (Fsp3) is 0.444. The van der Waals surface area contributed by atoms with Crippen LogP contribution in [0.3, 0.4) is 0 Å². The molecule has 2 aromatic rings. The highest BCUT2D eigenvalue weighted by molar-refractivity contribution is 7.89. The summed E-state index contributed by atoms with van der Waals surface area (Å²) >= 11 is 0. The molecule has 1 aromatic carbocycles. The maximum absolute atomic E-state index is 13.7. The Labute approximate surface area is 157 Å². The molecule has 27 heavy (non-hydrogen) atoms. The van der Waals surface area contributed by atoms with Crippen LogP contribution in [-0.4, -0.2) is 36.9 Å². The second-order valence-electron chi connectivity index (χ2n) is 6.66. The molecule has 0 saturated carbocycles. The zero-order chi connectivity index (χ0) is 19.6. The summed E-state index contributed by atoms with van der Waals surface area (Å²) in [6.45, 7) is 3.61. The molecule has 0 aliphatic carbocycles. The molecule has 1 aliphatic heterocycles. The summed E-state index contributed by atoms with van der Waals surface area (Å²) in [5.41, 5.74) is 0.695. The second kappa shape index (κ2) is 7.77. The van der Waals surface area contributed by atoms with Gasteiger partial charge in [-0.15, -0.1) is 0 Å². The minimum Gasteiger partial charge on any atom is -0.360 e. The zero-order valence-corrected chi connectivity index (χ0v) is 16.1. The first-order chi connectivity index (χ1) is 12.8. The Morgan fingerprint density at radius 2 is 2.11 bits per heavy atom. The number of hydrogen-bond donors (Lipinski definition) is 1. The quantitative estimate of drug-likeness (QED) is 0.837. The summed E-state index contributed by atoms with van der Waals surface area (Å²) in [5, 5.41) is 6.41. The highest BCUT2D eigenvalue weighted by atomic mass is 32.2. The van der Waals surface area contributed by atoms with Gasteiger partial charge in [-0.3, -0.25) is 4.79 Å². The number of aryl methyl sites for hydroxylation is 2. The number of nitrogens with zero attached hydrogens (tertiary/aromatic N) is 2. The average molecular weight is 395 g/mol. The summed E-state index contributed by atoms with van der Waals surface area (Å²) in [4.78, 5) is 12.6. The number of amides is 1. The van der Waals surface area contributed by atoms with Crippen LogP contribution >= 0.6 is 0 Å². The first-order valence-corrected chi connectivity index (χ1v) is 10.2. The van der Waals surface area contributed by atoms with Gasteiger partial charge in [-0.25, -0.2) is 12.8 Å². The fourth-order valence-electron chi connectivity index (χ4n) is 3.32. The number of carbonyl (C=O) groups excluding carboxylic acids is 1. The number of aromatic nitrogens is 1. The predicted octanol–water partition coefficient (Wildman–Crippen LogP) is 2.15. The van der Waals surface area contributed by atoms with Gasteiger partial charge in [0.2, 0.25) is 15.9 Å². The number of hydrogen-bond acceptors (Lipinski definition) is 5. The third-order valence-electron chi connectivity index (χ3n) is 4.73. The summed E-state index contributed by atoms with van der Waals surface area (Å²) in [6, 6.07) is 6.22. The molecule has 1 unspecified atom stereocenters. The van der Waals surface area contributed by atoms with Gasteiger partial charge in [0.25, 0.3) is 0 Å². The van der Waals surface area contributed by atoms with Crippen LogP contribution in [0.25, 0.3) is 0 Å². The lowest BCUT2D eigenvalue weighted by Crippen LogP contribution is -2.45. The third-order valence-corrected chi connectivity index (χ3v) is 6.84. The monoisotopic (exact) mass is 395 g/mol. The standard InChI is InChI=1S/C18H22FN3O4S/c1-12-17(13(2)26-21-12)27(24,25)22-9-5-7-15(11-22)18(23)20-10-14-6-3-4-8-16(14)19/h3-4,6,8,15H,5,7,9-11H2,1-2H3,(H,20,23). The van der Waals surface area contributed by atoms with Crippen molar-refractivity contribution in [3.63, 3.8) is 0 Å². The molecule has 7 nitrogen and oxygen atoms in total.